The van der Waals surface area contributed by atoms with Gasteiger partial charge in [-0.25, -0.2) is 0 Å². The van der Waals surface area contributed by atoms with Crippen LogP contribution in [0.15, 0.2) is 45.5 Å². The first-order chi connectivity index (χ1) is 11.6. The quantitative estimate of drug-likeness (QED) is 0.805. The highest BCUT2D eigenvalue weighted by molar-refractivity contribution is 9.10. The number of carbonyl (C=O) groups is 2. The fourth-order valence-electron chi connectivity index (χ4n) is 2.69. The van der Waals surface area contributed by atoms with E-state index in [0.717, 1.165) is 4.47 Å². The molecule has 2 aromatic rings. The van der Waals surface area contributed by atoms with E-state index in [1.54, 1.807) is 41.2 Å². The van der Waals surface area contributed by atoms with Crippen LogP contribution in [0.2, 0.25) is 0 Å². The Kier molecular flexibility index (Phi) is 4.89. The van der Waals surface area contributed by atoms with Gasteiger partial charge in [0, 0.05) is 30.7 Å². The van der Waals surface area contributed by atoms with Crippen LogP contribution in [0.3, 0.4) is 0 Å². The summed E-state index contributed by atoms with van der Waals surface area (Å²) in [6, 6.07) is 8.67. The zero-order valence-electron chi connectivity index (χ0n) is 13.2. The number of carbonyl (C=O) groups excluding carboxylic acids is 2. The van der Waals surface area contributed by atoms with E-state index in [9.17, 15) is 9.59 Å². The van der Waals surface area contributed by atoms with E-state index >= 15 is 0 Å². The summed E-state index contributed by atoms with van der Waals surface area (Å²) in [5.74, 6) is 0.617. The number of hydrogen-bond acceptors (Lipinski definition) is 4. The van der Waals surface area contributed by atoms with E-state index in [4.69, 9.17) is 9.15 Å². The van der Waals surface area contributed by atoms with Gasteiger partial charge in [-0.15, -0.1) is 0 Å². The maximum atomic E-state index is 12.7. The maximum absolute atomic E-state index is 12.7. The molecule has 0 radical (unpaired) electrons. The van der Waals surface area contributed by atoms with Crippen LogP contribution in [0.5, 0.6) is 5.75 Å². The van der Waals surface area contributed by atoms with Gasteiger partial charge >= 0.3 is 0 Å². The lowest BCUT2D eigenvalue weighted by Gasteiger charge is -2.34. The fourth-order valence-corrected chi connectivity index (χ4v) is 3.05. The normalized spacial score (nSPS) is 14.6. The van der Waals surface area contributed by atoms with Crippen LogP contribution in [0.1, 0.15) is 20.9 Å². The Bertz CT molecular complexity index is 737. The molecule has 1 aromatic carbocycles. The van der Waals surface area contributed by atoms with Crippen molar-refractivity contribution in [3.05, 3.63) is 52.4 Å². The van der Waals surface area contributed by atoms with Crippen LogP contribution in [0.25, 0.3) is 0 Å². The molecule has 0 unspecified atom stereocenters. The highest BCUT2D eigenvalue weighted by Gasteiger charge is 2.27. The molecule has 0 bridgehead atoms. The highest BCUT2D eigenvalue weighted by Crippen LogP contribution is 2.25. The Labute approximate surface area is 148 Å². The molecule has 1 aliphatic heterocycles. The summed E-state index contributed by atoms with van der Waals surface area (Å²) in [5, 5.41) is 0. The molecule has 2 heterocycles. The minimum atomic E-state index is -0.146. The number of piperazine rings is 1. The van der Waals surface area contributed by atoms with Crippen LogP contribution >= 0.6 is 15.9 Å². The molecule has 0 N–H and O–H groups in total. The van der Waals surface area contributed by atoms with E-state index < -0.39 is 0 Å². The number of benzene rings is 1. The molecule has 0 atom stereocenters. The van der Waals surface area contributed by atoms with E-state index in [2.05, 4.69) is 15.9 Å². The first-order valence-corrected chi connectivity index (χ1v) is 8.35. The van der Waals surface area contributed by atoms with Crippen molar-refractivity contribution in [2.45, 2.75) is 0 Å². The predicted molar refractivity (Wildman–Crippen MR) is 91.2 cm³/mol. The van der Waals surface area contributed by atoms with Gasteiger partial charge in [0.25, 0.3) is 11.8 Å². The van der Waals surface area contributed by atoms with Gasteiger partial charge < -0.3 is 19.0 Å². The summed E-state index contributed by atoms with van der Waals surface area (Å²) in [4.78, 5) is 28.4. The molecule has 24 heavy (non-hydrogen) atoms. The van der Waals surface area contributed by atoms with Gasteiger partial charge in [-0.05, 0) is 30.3 Å². The second-order valence-corrected chi connectivity index (χ2v) is 6.32. The second-order valence-electron chi connectivity index (χ2n) is 5.41. The fraction of sp³-hybridized carbons (Fsp3) is 0.294. The lowest BCUT2D eigenvalue weighted by Crippen LogP contribution is -2.50. The van der Waals surface area contributed by atoms with Crippen molar-refractivity contribution in [1.29, 1.82) is 0 Å². The molecule has 2 amide bonds. The summed E-state index contributed by atoms with van der Waals surface area (Å²) in [6.07, 6.45) is 1.48. The average Bonchev–Trinajstić information content (AvgIpc) is 3.15. The summed E-state index contributed by atoms with van der Waals surface area (Å²) < 4.78 is 11.2. The van der Waals surface area contributed by atoms with Crippen molar-refractivity contribution in [3.63, 3.8) is 0 Å². The highest BCUT2D eigenvalue weighted by atomic mass is 79.9. The number of furan rings is 1. The van der Waals surface area contributed by atoms with E-state index in [0.29, 0.717) is 43.3 Å². The monoisotopic (exact) mass is 392 g/mol. The van der Waals surface area contributed by atoms with Crippen molar-refractivity contribution in [1.82, 2.24) is 9.80 Å². The van der Waals surface area contributed by atoms with Crippen LogP contribution in [0, 0.1) is 0 Å². The molecule has 7 heteroatoms. The van der Waals surface area contributed by atoms with Crippen LogP contribution in [-0.4, -0.2) is 54.9 Å². The summed E-state index contributed by atoms with van der Waals surface area (Å²) >= 11 is 3.38. The minimum absolute atomic E-state index is 0.0988. The number of methoxy groups -OCH3 is 1. The first kappa shape index (κ1) is 16.6. The Morgan fingerprint density at radius 1 is 1.08 bits per heavy atom. The number of ether oxygens (including phenoxy) is 1. The maximum Gasteiger partial charge on any atom is 0.289 e. The lowest BCUT2D eigenvalue weighted by molar-refractivity contribution is 0.0516. The Balaban J connectivity index is 1.67. The Hall–Kier alpha value is -2.28. The van der Waals surface area contributed by atoms with Crippen molar-refractivity contribution < 1.29 is 18.7 Å². The van der Waals surface area contributed by atoms with E-state index in [1.165, 1.54) is 6.26 Å². The van der Waals surface area contributed by atoms with E-state index in [-0.39, 0.29) is 11.8 Å². The summed E-state index contributed by atoms with van der Waals surface area (Å²) in [7, 11) is 1.54. The third-order valence-electron chi connectivity index (χ3n) is 3.98. The van der Waals surface area contributed by atoms with Crippen molar-refractivity contribution in [3.8, 4) is 5.75 Å². The lowest BCUT2D eigenvalue weighted by atomic mass is 10.1. The average molecular weight is 393 g/mol. The van der Waals surface area contributed by atoms with Crippen LogP contribution < -0.4 is 4.74 Å². The molecule has 3 rings (SSSR count). The van der Waals surface area contributed by atoms with Gasteiger partial charge in [0.05, 0.1) is 18.9 Å². The van der Waals surface area contributed by atoms with Crippen molar-refractivity contribution in [2.24, 2.45) is 0 Å². The standard InChI is InChI=1S/C17H17BrN2O4/c1-23-14-5-4-12(18)11-13(14)16(21)19-6-8-20(9-7-19)17(22)15-3-2-10-24-15/h2-5,10-11H,6-9H2,1H3. The minimum Gasteiger partial charge on any atom is -0.496 e. The molecule has 0 aliphatic carbocycles. The Morgan fingerprint density at radius 2 is 1.75 bits per heavy atom. The number of rotatable bonds is 3. The molecule has 1 saturated heterocycles. The number of amides is 2. The molecule has 6 nitrogen and oxygen atoms in total. The first-order valence-electron chi connectivity index (χ1n) is 7.55. The zero-order valence-corrected chi connectivity index (χ0v) is 14.8. The molecule has 1 fully saturated rings. The number of nitrogens with zero attached hydrogens (tertiary/aromatic N) is 2. The topological polar surface area (TPSA) is 63.0 Å². The third kappa shape index (κ3) is 3.31. The third-order valence-corrected chi connectivity index (χ3v) is 4.47. The van der Waals surface area contributed by atoms with Gasteiger partial charge in [-0.1, -0.05) is 15.9 Å². The van der Waals surface area contributed by atoms with Gasteiger partial charge in [-0.3, -0.25) is 9.59 Å². The van der Waals surface area contributed by atoms with Crippen LogP contribution in [-0.2, 0) is 0 Å². The largest absolute Gasteiger partial charge is 0.496 e. The van der Waals surface area contributed by atoms with E-state index in [1.807, 2.05) is 6.07 Å². The number of hydrogen-bond donors (Lipinski definition) is 0. The SMILES string of the molecule is COc1ccc(Br)cc1C(=O)N1CCN(C(=O)c2ccco2)CC1. The molecular formula is C17H17BrN2O4. The second kappa shape index (κ2) is 7.09. The van der Waals surface area contributed by atoms with Gasteiger partial charge in [0.1, 0.15) is 5.75 Å². The molecule has 1 aromatic heterocycles. The molecular weight excluding hydrogens is 376 g/mol. The Morgan fingerprint density at radius 3 is 2.33 bits per heavy atom. The van der Waals surface area contributed by atoms with Crippen molar-refractivity contribution >= 4 is 27.7 Å². The van der Waals surface area contributed by atoms with Gasteiger partial charge in [0.15, 0.2) is 5.76 Å². The zero-order chi connectivity index (χ0) is 17.1. The molecule has 0 saturated carbocycles. The summed E-state index contributed by atoms with van der Waals surface area (Å²) in [6.45, 7) is 1.89. The number of halogens is 1. The molecule has 0 spiro atoms. The predicted octanol–water partition coefficient (Wildman–Crippen LogP) is 2.65. The van der Waals surface area contributed by atoms with Gasteiger partial charge in [-0.2, -0.15) is 0 Å². The molecule has 1 aliphatic rings. The van der Waals surface area contributed by atoms with Crippen LogP contribution in [0.4, 0.5) is 0 Å². The van der Waals surface area contributed by atoms with Gasteiger partial charge in [0.2, 0.25) is 0 Å². The molecule has 126 valence electrons. The summed E-state index contributed by atoms with van der Waals surface area (Å²) in [5.41, 5.74) is 0.512. The van der Waals surface area contributed by atoms with Crippen molar-refractivity contribution in [2.75, 3.05) is 33.3 Å². The smallest absolute Gasteiger partial charge is 0.289 e.